The first-order valence-corrected chi connectivity index (χ1v) is 20.2. The van der Waals surface area contributed by atoms with Gasteiger partial charge in [-0.3, -0.25) is 0 Å². The minimum Gasteiger partial charge on any atom is -0.208 e. The van der Waals surface area contributed by atoms with Crippen molar-refractivity contribution in [2.24, 2.45) is 0 Å². The SMILES string of the molecule is C=C/C=C(\C=C/C)c1ccc(-c2nc(-c3ccccc3)nc(-c3ccc4cc(C)c5c6c(CCC)cccc6c6ccccc6c5c4c3)n2)cc1.Cc1ccccc1. The molecule has 9 rings (SSSR count). The van der Waals surface area contributed by atoms with E-state index in [0.29, 0.717) is 17.5 Å². The monoisotopic (exact) mass is 749 g/mol. The minimum absolute atomic E-state index is 0.639. The number of nitrogens with zero attached hydrogens (tertiary/aromatic N) is 3. The van der Waals surface area contributed by atoms with Gasteiger partial charge in [0.15, 0.2) is 17.5 Å². The third kappa shape index (κ3) is 7.60. The molecule has 9 aromatic rings. The molecular formula is C55H47N3. The molecule has 1 aromatic heterocycles. The number of rotatable bonds is 8. The second kappa shape index (κ2) is 17.0. The Morgan fingerprint density at radius 1 is 0.552 bits per heavy atom. The summed E-state index contributed by atoms with van der Waals surface area (Å²) in [4.78, 5) is 15.2. The van der Waals surface area contributed by atoms with E-state index in [1.807, 2.05) is 61.5 Å². The van der Waals surface area contributed by atoms with Gasteiger partial charge < -0.3 is 0 Å². The van der Waals surface area contributed by atoms with Crippen molar-refractivity contribution in [3.8, 4) is 34.2 Å². The van der Waals surface area contributed by atoms with Gasteiger partial charge in [0.2, 0.25) is 0 Å². The molecule has 0 amide bonds. The molecule has 0 spiro atoms. The Morgan fingerprint density at radius 3 is 1.78 bits per heavy atom. The van der Waals surface area contributed by atoms with Crippen molar-refractivity contribution in [3.63, 3.8) is 0 Å². The molecule has 58 heavy (non-hydrogen) atoms. The molecule has 0 atom stereocenters. The Bertz CT molecular complexity index is 2980. The Labute approximate surface area is 341 Å². The number of benzene rings is 8. The van der Waals surface area contributed by atoms with E-state index < -0.39 is 0 Å². The van der Waals surface area contributed by atoms with E-state index in [2.05, 4.69) is 149 Å². The summed E-state index contributed by atoms with van der Waals surface area (Å²) in [5, 5.41) is 10.3. The van der Waals surface area contributed by atoms with Gasteiger partial charge in [-0.2, -0.15) is 0 Å². The second-order valence-electron chi connectivity index (χ2n) is 14.8. The van der Waals surface area contributed by atoms with Gasteiger partial charge in [0.25, 0.3) is 0 Å². The molecule has 282 valence electrons. The van der Waals surface area contributed by atoms with Crippen LogP contribution in [0.2, 0.25) is 0 Å². The highest BCUT2D eigenvalue weighted by molar-refractivity contribution is 6.33. The average Bonchev–Trinajstić information content (AvgIpc) is 3.27. The molecule has 8 aromatic carbocycles. The highest BCUT2D eigenvalue weighted by atomic mass is 15.0. The first-order chi connectivity index (χ1) is 28.5. The summed E-state index contributed by atoms with van der Waals surface area (Å²) in [7, 11) is 0. The third-order valence-corrected chi connectivity index (χ3v) is 10.7. The zero-order valence-corrected chi connectivity index (χ0v) is 33.7. The van der Waals surface area contributed by atoms with E-state index in [0.717, 1.165) is 40.7 Å². The standard InChI is InChI=1S/C48H39N3.C7H8/c1-5-14-32(15-6-2)33-23-25-36(26-24-33)47-49-46(35-17-9-8-10-18-35)50-48(51-47)38-28-27-37-29-31(4)43-44-34(16-7-3)19-13-22-40(44)39-20-11-12-21-41(39)45(43)42(37)30-38;1-7-5-3-2-4-6-7/h5-6,8-15,17-30H,1,7,16H2,2-4H3;2-6H,1H3/b15-6-,32-14+;. The fourth-order valence-electron chi connectivity index (χ4n) is 8.06. The smallest absolute Gasteiger partial charge is 0.164 e. The van der Waals surface area contributed by atoms with E-state index in [-0.39, 0.29) is 0 Å². The molecule has 0 N–H and O–H groups in total. The van der Waals surface area contributed by atoms with Crippen LogP contribution in [-0.2, 0) is 6.42 Å². The molecule has 0 aliphatic rings. The van der Waals surface area contributed by atoms with Crippen molar-refractivity contribution in [1.82, 2.24) is 15.0 Å². The average molecular weight is 750 g/mol. The lowest BCUT2D eigenvalue weighted by Crippen LogP contribution is -2.00. The van der Waals surface area contributed by atoms with E-state index >= 15 is 0 Å². The van der Waals surface area contributed by atoms with E-state index in [4.69, 9.17) is 15.0 Å². The zero-order valence-electron chi connectivity index (χ0n) is 33.7. The number of fused-ring (bicyclic) bond motifs is 8. The topological polar surface area (TPSA) is 38.7 Å². The van der Waals surface area contributed by atoms with Gasteiger partial charge in [-0.15, -0.1) is 0 Å². The van der Waals surface area contributed by atoms with Crippen molar-refractivity contribution in [1.29, 1.82) is 0 Å². The van der Waals surface area contributed by atoms with Crippen LogP contribution in [0.4, 0.5) is 0 Å². The molecule has 0 fully saturated rings. The van der Waals surface area contributed by atoms with Crippen molar-refractivity contribution >= 4 is 48.7 Å². The minimum atomic E-state index is 0.639. The molecule has 0 unspecified atom stereocenters. The largest absolute Gasteiger partial charge is 0.208 e. The maximum Gasteiger partial charge on any atom is 0.164 e. The fourth-order valence-corrected chi connectivity index (χ4v) is 8.06. The second-order valence-corrected chi connectivity index (χ2v) is 14.8. The highest BCUT2D eigenvalue weighted by Gasteiger charge is 2.18. The maximum atomic E-state index is 5.13. The molecule has 0 bridgehead atoms. The lowest BCUT2D eigenvalue weighted by molar-refractivity contribution is 0.930. The van der Waals surface area contributed by atoms with Crippen molar-refractivity contribution in [3.05, 3.63) is 205 Å². The molecule has 3 heteroatoms. The van der Waals surface area contributed by atoms with Gasteiger partial charge in [-0.1, -0.05) is 195 Å². The molecule has 0 aliphatic heterocycles. The first kappa shape index (κ1) is 37.9. The fraction of sp³-hybridized carbons (Fsp3) is 0.109. The van der Waals surface area contributed by atoms with Gasteiger partial charge in [0, 0.05) is 16.7 Å². The summed E-state index contributed by atoms with van der Waals surface area (Å²) in [6.45, 7) is 12.5. The number of aromatic nitrogens is 3. The quantitative estimate of drug-likeness (QED) is 0.115. The Kier molecular flexibility index (Phi) is 11.1. The molecule has 0 saturated heterocycles. The van der Waals surface area contributed by atoms with Crippen molar-refractivity contribution < 1.29 is 0 Å². The van der Waals surface area contributed by atoms with Crippen LogP contribution < -0.4 is 0 Å². The van der Waals surface area contributed by atoms with Gasteiger partial charge in [0.05, 0.1) is 0 Å². The summed E-state index contributed by atoms with van der Waals surface area (Å²) >= 11 is 0. The summed E-state index contributed by atoms with van der Waals surface area (Å²) in [5.74, 6) is 1.94. The summed E-state index contributed by atoms with van der Waals surface area (Å²) in [6.07, 6.45) is 10.1. The molecular weight excluding hydrogens is 703 g/mol. The van der Waals surface area contributed by atoms with E-state index in [9.17, 15) is 0 Å². The van der Waals surface area contributed by atoms with Crippen molar-refractivity contribution in [2.45, 2.75) is 40.5 Å². The van der Waals surface area contributed by atoms with Gasteiger partial charge in [-0.25, -0.2) is 15.0 Å². The van der Waals surface area contributed by atoms with Crippen LogP contribution in [0.5, 0.6) is 0 Å². The van der Waals surface area contributed by atoms with Gasteiger partial charge in [-0.05, 0) is 98.6 Å². The third-order valence-electron chi connectivity index (χ3n) is 10.7. The lowest BCUT2D eigenvalue weighted by atomic mass is 9.86. The molecule has 0 aliphatic carbocycles. The summed E-state index contributed by atoms with van der Waals surface area (Å²) in [5.41, 5.74) is 9.06. The number of aryl methyl sites for hydroxylation is 3. The Balaban J connectivity index is 0.000000608. The highest BCUT2D eigenvalue weighted by Crippen LogP contribution is 2.43. The predicted molar refractivity (Wildman–Crippen MR) is 249 cm³/mol. The lowest BCUT2D eigenvalue weighted by Gasteiger charge is -2.18. The first-order valence-electron chi connectivity index (χ1n) is 20.2. The molecule has 0 radical (unpaired) electrons. The van der Waals surface area contributed by atoms with Crippen LogP contribution in [0, 0.1) is 13.8 Å². The number of hydrogen-bond donors (Lipinski definition) is 0. The number of allylic oxidation sites excluding steroid dienone is 5. The Morgan fingerprint density at radius 2 is 1.14 bits per heavy atom. The molecule has 0 saturated carbocycles. The maximum absolute atomic E-state index is 5.13. The van der Waals surface area contributed by atoms with Crippen LogP contribution in [0.1, 0.15) is 42.5 Å². The molecule has 1 heterocycles. The van der Waals surface area contributed by atoms with Crippen LogP contribution in [-0.4, -0.2) is 15.0 Å². The zero-order chi connectivity index (χ0) is 40.0. The van der Waals surface area contributed by atoms with Crippen LogP contribution in [0.3, 0.4) is 0 Å². The molecule has 3 nitrogen and oxygen atoms in total. The predicted octanol–water partition coefficient (Wildman–Crippen LogP) is 14.9. The van der Waals surface area contributed by atoms with E-state index in [1.165, 1.54) is 59.8 Å². The summed E-state index contributed by atoms with van der Waals surface area (Å²) < 4.78 is 0. The van der Waals surface area contributed by atoms with Gasteiger partial charge in [0.1, 0.15) is 0 Å². The van der Waals surface area contributed by atoms with Crippen LogP contribution in [0.25, 0.3) is 82.8 Å². The number of hydrogen-bond acceptors (Lipinski definition) is 3. The van der Waals surface area contributed by atoms with E-state index in [1.54, 1.807) is 0 Å². The van der Waals surface area contributed by atoms with Gasteiger partial charge >= 0.3 is 0 Å². The van der Waals surface area contributed by atoms with Crippen LogP contribution >= 0.6 is 0 Å². The van der Waals surface area contributed by atoms with Crippen molar-refractivity contribution in [2.75, 3.05) is 0 Å². The normalized spacial score (nSPS) is 11.7. The summed E-state index contributed by atoms with van der Waals surface area (Å²) in [6, 6.07) is 53.5. The Hall–Kier alpha value is -6.97. The van der Waals surface area contributed by atoms with Crippen LogP contribution in [0.15, 0.2) is 183 Å².